The first-order valence-electron chi connectivity index (χ1n) is 6.27. The van der Waals surface area contributed by atoms with E-state index in [0.717, 1.165) is 36.1 Å². The second kappa shape index (κ2) is 5.84. The lowest BCUT2D eigenvalue weighted by atomic mass is 10.2. The summed E-state index contributed by atoms with van der Waals surface area (Å²) in [5, 5.41) is 3.13. The highest BCUT2D eigenvalue weighted by Crippen LogP contribution is 2.23. The summed E-state index contributed by atoms with van der Waals surface area (Å²) in [4.78, 5) is 11.3. The van der Waals surface area contributed by atoms with Crippen molar-refractivity contribution in [1.82, 2.24) is 9.97 Å². The summed E-state index contributed by atoms with van der Waals surface area (Å²) in [6.45, 7) is 12.6. The standard InChI is InChI=1S/C13H24N4/c1-7-17(8-9(2)3)13-10(4)12(14-6)15-11(5)16-13/h9H,7-8H2,1-6H3,(H,14,15,16). The first kappa shape index (κ1) is 13.7. The molecule has 0 bridgehead atoms. The summed E-state index contributed by atoms with van der Waals surface area (Å²) in [5.41, 5.74) is 1.13. The number of hydrogen-bond donors (Lipinski definition) is 1. The van der Waals surface area contributed by atoms with Crippen LogP contribution in [0.1, 0.15) is 32.2 Å². The third-order valence-electron chi connectivity index (χ3n) is 2.74. The maximum Gasteiger partial charge on any atom is 0.137 e. The maximum atomic E-state index is 4.58. The largest absolute Gasteiger partial charge is 0.373 e. The number of rotatable bonds is 5. The maximum absolute atomic E-state index is 4.58. The van der Waals surface area contributed by atoms with Gasteiger partial charge in [0, 0.05) is 25.7 Å². The fourth-order valence-corrected chi connectivity index (χ4v) is 1.97. The van der Waals surface area contributed by atoms with Crippen molar-refractivity contribution >= 4 is 11.6 Å². The van der Waals surface area contributed by atoms with Crippen LogP contribution in [0.25, 0.3) is 0 Å². The van der Waals surface area contributed by atoms with E-state index in [1.807, 2.05) is 14.0 Å². The number of aromatic nitrogens is 2. The van der Waals surface area contributed by atoms with E-state index in [-0.39, 0.29) is 0 Å². The molecule has 17 heavy (non-hydrogen) atoms. The Kier molecular flexibility index (Phi) is 4.73. The van der Waals surface area contributed by atoms with Crippen molar-refractivity contribution in [3.63, 3.8) is 0 Å². The van der Waals surface area contributed by atoms with Gasteiger partial charge in [0.2, 0.25) is 0 Å². The minimum absolute atomic E-state index is 0.627. The van der Waals surface area contributed by atoms with E-state index in [1.54, 1.807) is 0 Å². The third kappa shape index (κ3) is 3.32. The van der Waals surface area contributed by atoms with E-state index < -0.39 is 0 Å². The molecule has 1 heterocycles. The molecule has 0 spiro atoms. The van der Waals surface area contributed by atoms with Gasteiger partial charge in [-0.25, -0.2) is 9.97 Å². The lowest BCUT2D eigenvalue weighted by molar-refractivity contribution is 0.612. The SMILES string of the molecule is CCN(CC(C)C)c1nc(C)nc(NC)c1C. The quantitative estimate of drug-likeness (QED) is 0.853. The Bertz CT molecular complexity index is 374. The van der Waals surface area contributed by atoms with Gasteiger partial charge in [0.25, 0.3) is 0 Å². The Labute approximate surface area is 104 Å². The van der Waals surface area contributed by atoms with Crippen LogP contribution in [-0.4, -0.2) is 30.1 Å². The van der Waals surface area contributed by atoms with Crippen LogP contribution in [0, 0.1) is 19.8 Å². The van der Waals surface area contributed by atoms with Gasteiger partial charge in [0.1, 0.15) is 17.5 Å². The molecular formula is C13H24N4. The Morgan fingerprint density at radius 2 is 1.88 bits per heavy atom. The predicted molar refractivity (Wildman–Crippen MR) is 73.8 cm³/mol. The number of hydrogen-bond acceptors (Lipinski definition) is 4. The molecule has 1 N–H and O–H groups in total. The van der Waals surface area contributed by atoms with Gasteiger partial charge in [-0.15, -0.1) is 0 Å². The van der Waals surface area contributed by atoms with Crippen LogP contribution in [0.4, 0.5) is 11.6 Å². The first-order chi connectivity index (χ1) is 7.99. The van der Waals surface area contributed by atoms with E-state index in [0.29, 0.717) is 5.92 Å². The van der Waals surface area contributed by atoms with E-state index in [2.05, 4.69) is 47.9 Å². The highest BCUT2D eigenvalue weighted by molar-refractivity contribution is 5.58. The van der Waals surface area contributed by atoms with E-state index in [4.69, 9.17) is 0 Å². The van der Waals surface area contributed by atoms with Gasteiger partial charge in [-0.1, -0.05) is 13.8 Å². The third-order valence-corrected chi connectivity index (χ3v) is 2.74. The molecule has 4 nitrogen and oxygen atoms in total. The summed E-state index contributed by atoms with van der Waals surface area (Å²) in [6, 6.07) is 0. The molecule has 0 aliphatic heterocycles. The summed E-state index contributed by atoms with van der Waals surface area (Å²) in [7, 11) is 1.90. The molecule has 4 heteroatoms. The molecule has 0 aliphatic rings. The van der Waals surface area contributed by atoms with Gasteiger partial charge in [0.05, 0.1) is 0 Å². The Morgan fingerprint density at radius 1 is 1.24 bits per heavy atom. The Morgan fingerprint density at radius 3 is 2.35 bits per heavy atom. The number of nitrogens with one attached hydrogen (secondary N) is 1. The van der Waals surface area contributed by atoms with Crippen molar-refractivity contribution in [3.8, 4) is 0 Å². The first-order valence-corrected chi connectivity index (χ1v) is 6.27. The van der Waals surface area contributed by atoms with Gasteiger partial charge in [-0.3, -0.25) is 0 Å². The fraction of sp³-hybridized carbons (Fsp3) is 0.692. The lowest BCUT2D eigenvalue weighted by Gasteiger charge is -2.26. The van der Waals surface area contributed by atoms with Crippen molar-refractivity contribution in [1.29, 1.82) is 0 Å². The average molecular weight is 236 g/mol. The fourth-order valence-electron chi connectivity index (χ4n) is 1.97. The highest BCUT2D eigenvalue weighted by atomic mass is 15.2. The zero-order chi connectivity index (χ0) is 13.0. The van der Waals surface area contributed by atoms with Crippen LogP contribution < -0.4 is 10.2 Å². The second-order valence-corrected chi connectivity index (χ2v) is 4.75. The summed E-state index contributed by atoms with van der Waals surface area (Å²) in [6.07, 6.45) is 0. The number of aryl methyl sites for hydroxylation is 1. The van der Waals surface area contributed by atoms with Crippen molar-refractivity contribution in [2.45, 2.75) is 34.6 Å². The summed E-state index contributed by atoms with van der Waals surface area (Å²) < 4.78 is 0. The van der Waals surface area contributed by atoms with Crippen LogP contribution in [0.15, 0.2) is 0 Å². The smallest absolute Gasteiger partial charge is 0.137 e. The van der Waals surface area contributed by atoms with Gasteiger partial charge in [-0.2, -0.15) is 0 Å². The van der Waals surface area contributed by atoms with Crippen LogP contribution in [0.2, 0.25) is 0 Å². The van der Waals surface area contributed by atoms with Crippen molar-refractivity contribution < 1.29 is 0 Å². The molecule has 1 aromatic rings. The molecule has 0 unspecified atom stereocenters. The topological polar surface area (TPSA) is 41.1 Å². The molecule has 1 aromatic heterocycles. The van der Waals surface area contributed by atoms with Gasteiger partial charge in [-0.05, 0) is 26.7 Å². The van der Waals surface area contributed by atoms with Crippen molar-refractivity contribution in [2.24, 2.45) is 5.92 Å². The zero-order valence-corrected chi connectivity index (χ0v) is 11.8. The number of anilines is 2. The molecule has 0 saturated carbocycles. The van der Waals surface area contributed by atoms with Crippen molar-refractivity contribution in [3.05, 3.63) is 11.4 Å². The molecule has 0 saturated heterocycles. The minimum atomic E-state index is 0.627. The molecule has 0 radical (unpaired) electrons. The highest BCUT2D eigenvalue weighted by Gasteiger charge is 2.14. The van der Waals surface area contributed by atoms with Gasteiger partial charge >= 0.3 is 0 Å². The van der Waals surface area contributed by atoms with E-state index in [1.165, 1.54) is 0 Å². The molecule has 0 amide bonds. The average Bonchev–Trinajstić information content (AvgIpc) is 2.28. The van der Waals surface area contributed by atoms with E-state index in [9.17, 15) is 0 Å². The van der Waals surface area contributed by atoms with Crippen LogP contribution in [0.5, 0.6) is 0 Å². The molecular weight excluding hydrogens is 212 g/mol. The molecule has 96 valence electrons. The van der Waals surface area contributed by atoms with Gasteiger partial charge in [0.15, 0.2) is 0 Å². The normalized spacial score (nSPS) is 10.8. The summed E-state index contributed by atoms with van der Waals surface area (Å²) in [5.74, 6) is 3.42. The van der Waals surface area contributed by atoms with Gasteiger partial charge < -0.3 is 10.2 Å². The molecule has 0 fully saturated rings. The lowest BCUT2D eigenvalue weighted by Crippen LogP contribution is -2.29. The second-order valence-electron chi connectivity index (χ2n) is 4.75. The van der Waals surface area contributed by atoms with Crippen LogP contribution in [-0.2, 0) is 0 Å². The predicted octanol–water partition coefficient (Wildman–Crippen LogP) is 2.62. The van der Waals surface area contributed by atoms with Crippen LogP contribution >= 0.6 is 0 Å². The van der Waals surface area contributed by atoms with Crippen LogP contribution in [0.3, 0.4) is 0 Å². The minimum Gasteiger partial charge on any atom is -0.373 e. The molecule has 1 rings (SSSR count). The Balaban J connectivity index is 3.13. The summed E-state index contributed by atoms with van der Waals surface area (Å²) >= 11 is 0. The number of nitrogens with zero attached hydrogens (tertiary/aromatic N) is 3. The van der Waals surface area contributed by atoms with E-state index >= 15 is 0 Å². The Hall–Kier alpha value is -1.32. The van der Waals surface area contributed by atoms with Crippen molar-refractivity contribution in [2.75, 3.05) is 30.4 Å². The molecule has 0 aliphatic carbocycles. The zero-order valence-electron chi connectivity index (χ0n) is 11.8. The monoisotopic (exact) mass is 236 g/mol. The molecule has 0 atom stereocenters. The molecule has 0 aromatic carbocycles.